The summed E-state index contributed by atoms with van der Waals surface area (Å²) in [5, 5.41) is 3.10. The normalized spacial score (nSPS) is 11.6. The number of rotatable bonds is 8. The summed E-state index contributed by atoms with van der Waals surface area (Å²) < 4.78 is 58.4. The molecule has 174 valence electrons. The number of carbonyl (C=O) groups excluding carboxylic acids is 1. The van der Waals surface area contributed by atoms with E-state index >= 15 is 0 Å². The van der Waals surface area contributed by atoms with Crippen molar-refractivity contribution in [2.75, 3.05) is 5.75 Å². The van der Waals surface area contributed by atoms with Crippen molar-refractivity contribution in [3.63, 3.8) is 0 Å². The molecule has 0 aliphatic rings. The number of aromatic nitrogens is 2. The Morgan fingerprint density at radius 1 is 1.12 bits per heavy atom. The number of hydrogen-bond donors (Lipinski definition) is 1. The average molecular weight is 484 g/mol. The minimum Gasteiger partial charge on any atom is -0.342 e. The highest BCUT2D eigenvalue weighted by molar-refractivity contribution is 7.92. The van der Waals surface area contributed by atoms with Gasteiger partial charge in [0.05, 0.1) is 27.9 Å². The monoisotopic (exact) mass is 483 g/mol. The van der Waals surface area contributed by atoms with Gasteiger partial charge in [0.1, 0.15) is 24.4 Å². The second-order valence-electron chi connectivity index (χ2n) is 7.96. The molecule has 2 aromatic carbocycles. The minimum atomic E-state index is -4.23. The molecule has 0 radical (unpaired) electrons. The Hall–Kier alpha value is -3.79. The SMILES string of the molecule is C[n+]1ccccc1CC(=O)CS(=O)(=O)c1cn(Cc2cccc(N=N)c2)c2cc(F)cc(F)c12. The standard InChI is InChI=1S/C24H21F2N4O3S/c1-29-8-3-2-7-19(29)12-20(31)15-34(32,33)23-14-30(13-16-5-4-6-18(9-16)28-27)22-11-17(25)10-21(26)24(22)23/h2-11,14,27H,12-13,15H2,1H3/q+1. The van der Waals surface area contributed by atoms with Crippen LogP contribution in [0.15, 0.2) is 77.0 Å². The van der Waals surface area contributed by atoms with Crippen molar-refractivity contribution in [2.24, 2.45) is 12.2 Å². The lowest BCUT2D eigenvalue weighted by molar-refractivity contribution is -0.678. The molecular weight excluding hydrogens is 462 g/mol. The van der Waals surface area contributed by atoms with Crippen LogP contribution in [0.3, 0.4) is 0 Å². The molecule has 0 spiro atoms. The number of nitrogens with zero attached hydrogens (tertiary/aromatic N) is 3. The molecule has 0 saturated heterocycles. The Morgan fingerprint density at radius 3 is 2.65 bits per heavy atom. The van der Waals surface area contributed by atoms with Crippen LogP contribution in [0.4, 0.5) is 14.5 Å². The first kappa shape index (κ1) is 23.4. The number of Topliss-reactive ketones (excluding diaryl/α,β-unsaturated/α-hetero) is 1. The van der Waals surface area contributed by atoms with E-state index in [2.05, 4.69) is 5.11 Å². The number of nitrogens with one attached hydrogen (secondary N) is 1. The Labute approximate surface area is 194 Å². The number of ketones is 1. The van der Waals surface area contributed by atoms with E-state index in [4.69, 9.17) is 5.53 Å². The number of carbonyl (C=O) groups is 1. The molecule has 7 nitrogen and oxygen atoms in total. The van der Waals surface area contributed by atoms with Crippen molar-refractivity contribution >= 4 is 32.2 Å². The summed E-state index contributed by atoms with van der Waals surface area (Å²) in [5.74, 6) is -3.24. The molecule has 0 atom stereocenters. The van der Waals surface area contributed by atoms with E-state index in [1.54, 1.807) is 60.3 Å². The Morgan fingerprint density at radius 2 is 1.91 bits per heavy atom. The van der Waals surface area contributed by atoms with Crippen molar-refractivity contribution in [3.05, 3.63) is 89.9 Å². The molecule has 4 rings (SSSR count). The van der Waals surface area contributed by atoms with Gasteiger partial charge in [0, 0.05) is 30.9 Å². The molecule has 0 aliphatic carbocycles. The first-order valence-corrected chi connectivity index (χ1v) is 12.0. The van der Waals surface area contributed by atoms with Gasteiger partial charge in [-0.15, -0.1) is 0 Å². The fraction of sp³-hybridized carbons (Fsp3) is 0.167. The van der Waals surface area contributed by atoms with Gasteiger partial charge in [0.2, 0.25) is 0 Å². The van der Waals surface area contributed by atoms with E-state index in [1.807, 2.05) is 0 Å². The number of halogens is 2. The Kier molecular flexibility index (Phi) is 6.34. The van der Waals surface area contributed by atoms with Gasteiger partial charge in [-0.05, 0) is 23.8 Å². The van der Waals surface area contributed by atoms with Crippen LogP contribution in [0.2, 0.25) is 0 Å². The third-order valence-electron chi connectivity index (χ3n) is 5.48. The zero-order valence-electron chi connectivity index (χ0n) is 18.2. The molecule has 34 heavy (non-hydrogen) atoms. The molecule has 0 saturated carbocycles. The summed E-state index contributed by atoms with van der Waals surface area (Å²) in [4.78, 5) is 12.2. The molecule has 10 heteroatoms. The maximum atomic E-state index is 14.8. The molecular formula is C24H21F2N4O3S+. The molecule has 0 aliphatic heterocycles. The summed E-state index contributed by atoms with van der Waals surface area (Å²) in [6.07, 6.45) is 2.87. The second kappa shape index (κ2) is 9.22. The fourth-order valence-corrected chi connectivity index (χ4v) is 5.36. The third kappa shape index (κ3) is 4.76. The van der Waals surface area contributed by atoms with E-state index in [0.717, 1.165) is 6.07 Å². The molecule has 0 fully saturated rings. The number of aryl methyl sites for hydroxylation is 1. The van der Waals surface area contributed by atoms with Crippen molar-refractivity contribution in [1.29, 1.82) is 5.53 Å². The molecule has 4 aromatic rings. The second-order valence-corrected chi connectivity index (χ2v) is 9.92. The predicted molar refractivity (Wildman–Crippen MR) is 121 cm³/mol. The van der Waals surface area contributed by atoms with Gasteiger partial charge in [-0.3, -0.25) is 4.79 Å². The maximum Gasteiger partial charge on any atom is 0.188 e. The highest BCUT2D eigenvalue weighted by Gasteiger charge is 2.28. The molecule has 2 heterocycles. The van der Waals surface area contributed by atoms with Gasteiger partial charge in [-0.2, -0.15) is 5.11 Å². The Bertz CT molecular complexity index is 1530. The van der Waals surface area contributed by atoms with Gasteiger partial charge in [0.15, 0.2) is 27.5 Å². The van der Waals surface area contributed by atoms with Crippen LogP contribution < -0.4 is 4.57 Å². The van der Waals surface area contributed by atoms with Gasteiger partial charge in [-0.25, -0.2) is 27.3 Å². The first-order chi connectivity index (χ1) is 16.2. The summed E-state index contributed by atoms with van der Waals surface area (Å²) >= 11 is 0. The number of benzene rings is 2. The smallest absolute Gasteiger partial charge is 0.188 e. The van der Waals surface area contributed by atoms with Crippen molar-refractivity contribution in [3.8, 4) is 0 Å². The molecule has 2 aromatic heterocycles. The number of sulfone groups is 1. The van der Waals surface area contributed by atoms with Gasteiger partial charge < -0.3 is 4.57 Å². The summed E-state index contributed by atoms with van der Waals surface area (Å²) in [6.45, 7) is 0.0894. The highest BCUT2D eigenvalue weighted by atomic mass is 32.2. The lowest BCUT2D eigenvalue weighted by Gasteiger charge is -2.06. The quantitative estimate of drug-likeness (QED) is 0.303. The summed E-state index contributed by atoms with van der Waals surface area (Å²) in [5.41, 5.74) is 8.89. The minimum absolute atomic E-state index is 0.0474. The van der Waals surface area contributed by atoms with Crippen LogP contribution in [0.25, 0.3) is 10.9 Å². The number of hydrogen-bond acceptors (Lipinski definition) is 5. The molecule has 1 N–H and O–H groups in total. The van der Waals surface area contributed by atoms with Crippen LogP contribution >= 0.6 is 0 Å². The van der Waals surface area contributed by atoms with Gasteiger partial charge in [-0.1, -0.05) is 18.2 Å². The van der Waals surface area contributed by atoms with Gasteiger partial charge >= 0.3 is 0 Å². The van der Waals surface area contributed by atoms with Crippen LogP contribution in [0.1, 0.15) is 11.3 Å². The zero-order valence-corrected chi connectivity index (χ0v) is 19.0. The van der Waals surface area contributed by atoms with Gasteiger partial charge in [0.25, 0.3) is 0 Å². The maximum absolute atomic E-state index is 14.8. The predicted octanol–water partition coefficient (Wildman–Crippen LogP) is 4.04. The summed E-state index contributed by atoms with van der Waals surface area (Å²) in [7, 11) is -2.48. The van der Waals surface area contributed by atoms with Crippen molar-refractivity contribution < 1.29 is 26.6 Å². The van der Waals surface area contributed by atoms with Crippen molar-refractivity contribution in [2.45, 2.75) is 17.9 Å². The van der Waals surface area contributed by atoms with Crippen LogP contribution in [-0.2, 0) is 34.6 Å². The van der Waals surface area contributed by atoms with E-state index in [9.17, 15) is 22.0 Å². The number of fused-ring (bicyclic) bond motifs is 1. The van der Waals surface area contributed by atoms with Crippen LogP contribution in [0, 0.1) is 17.2 Å². The average Bonchev–Trinajstić information content (AvgIpc) is 3.14. The van der Waals surface area contributed by atoms with E-state index < -0.39 is 33.0 Å². The number of pyridine rings is 1. The first-order valence-electron chi connectivity index (χ1n) is 10.3. The van der Waals surface area contributed by atoms with Crippen LogP contribution in [-0.4, -0.2) is 24.5 Å². The zero-order chi connectivity index (χ0) is 24.5. The molecule has 0 bridgehead atoms. The topological polar surface area (TPSA) is 96.2 Å². The summed E-state index contributed by atoms with van der Waals surface area (Å²) in [6, 6.07) is 13.6. The van der Waals surface area contributed by atoms with E-state index in [0.29, 0.717) is 23.0 Å². The van der Waals surface area contributed by atoms with Crippen molar-refractivity contribution in [1.82, 2.24) is 4.57 Å². The Balaban J connectivity index is 1.73. The van der Waals surface area contributed by atoms with Crippen LogP contribution in [0.5, 0.6) is 0 Å². The fourth-order valence-electron chi connectivity index (χ4n) is 3.88. The third-order valence-corrected chi connectivity index (χ3v) is 7.16. The van der Waals surface area contributed by atoms with E-state index in [-0.39, 0.29) is 28.8 Å². The largest absolute Gasteiger partial charge is 0.342 e. The lowest BCUT2D eigenvalue weighted by Crippen LogP contribution is -2.34. The molecule has 0 unspecified atom stereocenters. The lowest BCUT2D eigenvalue weighted by atomic mass is 10.2. The van der Waals surface area contributed by atoms with E-state index in [1.165, 1.54) is 10.8 Å². The molecule has 0 amide bonds. The highest BCUT2D eigenvalue weighted by Crippen LogP contribution is 2.31.